The Morgan fingerprint density at radius 1 is 1.14 bits per heavy atom. The van der Waals surface area contributed by atoms with E-state index in [1.54, 1.807) is 0 Å². The molecule has 1 unspecified atom stereocenters. The maximum atomic E-state index is 12.8. The van der Waals surface area contributed by atoms with Gasteiger partial charge in [0.25, 0.3) is 17.4 Å². The molecule has 1 aliphatic heterocycles. The van der Waals surface area contributed by atoms with Gasteiger partial charge in [0.15, 0.2) is 0 Å². The van der Waals surface area contributed by atoms with Crippen LogP contribution in [0.1, 0.15) is 42.5 Å². The van der Waals surface area contributed by atoms with E-state index in [1.807, 2.05) is 38.1 Å². The van der Waals surface area contributed by atoms with E-state index in [4.69, 9.17) is 0 Å². The third kappa shape index (κ3) is 3.76. The molecule has 150 valence electrons. The summed E-state index contributed by atoms with van der Waals surface area (Å²) in [7, 11) is 0. The molecule has 0 spiro atoms. The lowest BCUT2D eigenvalue weighted by molar-refractivity contribution is -0.384. The highest BCUT2D eigenvalue weighted by atomic mass is 16.6. The Labute approximate surface area is 168 Å². The molecule has 3 rings (SSSR count). The number of ketones is 1. The summed E-state index contributed by atoms with van der Waals surface area (Å²) in [4.78, 5) is 37.4. The molecule has 0 aromatic heterocycles. The third-order valence-corrected chi connectivity index (χ3v) is 5.13. The van der Waals surface area contributed by atoms with E-state index in [9.17, 15) is 24.8 Å². The molecule has 0 bridgehead atoms. The molecule has 1 atom stereocenters. The van der Waals surface area contributed by atoms with Crippen molar-refractivity contribution in [3.05, 3.63) is 80.9 Å². The third-order valence-electron chi connectivity index (χ3n) is 5.13. The second-order valence-electron chi connectivity index (χ2n) is 7.01. The standard InChI is InChI=1S/C22H22N2O5/c1-3-4-13-23-19(17-8-6-5-7-14(17)2)18(21(26)22(23)27)20(25)15-9-11-16(12-10-15)24(28)29/h5-12,19,25H,3-4,13H2,1-2H3/b20-18+. The number of benzene rings is 2. The molecule has 1 fully saturated rings. The van der Waals surface area contributed by atoms with E-state index >= 15 is 0 Å². The first-order valence-corrected chi connectivity index (χ1v) is 9.45. The number of nitro groups is 1. The quantitative estimate of drug-likeness (QED) is 0.261. The van der Waals surface area contributed by atoms with Crippen LogP contribution < -0.4 is 0 Å². The molecule has 29 heavy (non-hydrogen) atoms. The summed E-state index contributed by atoms with van der Waals surface area (Å²) in [5, 5.41) is 21.8. The number of amides is 1. The van der Waals surface area contributed by atoms with Crippen molar-refractivity contribution in [3.63, 3.8) is 0 Å². The van der Waals surface area contributed by atoms with Crippen molar-refractivity contribution in [2.45, 2.75) is 32.7 Å². The molecule has 1 heterocycles. The molecule has 1 amide bonds. The van der Waals surface area contributed by atoms with Crippen molar-refractivity contribution in [2.24, 2.45) is 0 Å². The fraction of sp³-hybridized carbons (Fsp3) is 0.273. The minimum Gasteiger partial charge on any atom is -0.507 e. The topological polar surface area (TPSA) is 101 Å². The summed E-state index contributed by atoms with van der Waals surface area (Å²) >= 11 is 0. The molecule has 1 aliphatic rings. The minimum atomic E-state index is -0.745. The number of aliphatic hydroxyl groups is 1. The number of aryl methyl sites for hydroxylation is 1. The Balaban J connectivity index is 2.16. The van der Waals surface area contributed by atoms with Gasteiger partial charge >= 0.3 is 0 Å². The van der Waals surface area contributed by atoms with Crippen LogP contribution in [0.15, 0.2) is 54.1 Å². The normalized spacial score (nSPS) is 18.3. The van der Waals surface area contributed by atoms with Crippen LogP contribution >= 0.6 is 0 Å². The maximum Gasteiger partial charge on any atom is 0.295 e. The van der Waals surface area contributed by atoms with E-state index in [0.29, 0.717) is 6.54 Å². The molecule has 7 heteroatoms. The maximum absolute atomic E-state index is 12.8. The van der Waals surface area contributed by atoms with Gasteiger partial charge in [-0.25, -0.2) is 0 Å². The Morgan fingerprint density at radius 2 is 1.79 bits per heavy atom. The Morgan fingerprint density at radius 3 is 2.38 bits per heavy atom. The van der Waals surface area contributed by atoms with Crippen molar-refractivity contribution in [1.29, 1.82) is 0 Å². The smallest absolute Gasteiger partial charge is 0.295 e. The van der Waals surface area contributed by atoms with Crippen LogP contribution in [0.3, 0.4) is 0 Å². The van der Waals surface area contributed by atoms with Crippen molar-refractivity contribution in [1.82, 2.24) is 4.90 Å². The predicted octanol–water partition coefficient (Wildman–Crippen LogP) is 4.13. The first kappa shape index (κ1) is 20.3. The molecular formula is C22H22N2O5. The average molecular weight is 394 g/mol. The van der Waals surface area contributed by atoms with E-state index in [1.165, 1.54) is 29.2 Å². The van der Waals surface area contributed by atoms with Gasteiger partial charge in [-0.3, -0.25) is 19.7 Å². The number of unbranched alkanes of at least 4 members (excludes halogenated alkanes) is 1. The van der Waals surface area contributed by atoms with E-state index in [2.05, 4.69) is 0 Å². The summed E-state index contributed by atoms with van der Waals surface area (Å²) in [5.74, 6) is -1.72. The molecule has 7 nitrogen and oxygen atoms in total. The second-order valence-corrected chi connectivity index (χ2v) is 7.01. The number of nitrogens with zero attached hydrogens (tertiary/aromatic N) is 2. The monoisotopic (exact) mass is 394 g/mol. The number of aliphatic hydroxyl groups excluding tert-OH is 1. The SMILES string of the molecule is CCCCN1C(=O)C(=O)/C(=C(/O)c2ccc([N+](=O)[O-])cc2)C1c1ccccc1C. The molecule has 2 aromatic carbocycles. The molecule has 0 radical (unpaired) electrons. The number of carbonyl (C=O) groups is 2. The highest BCUT2D eigenvalue weighted by Crippen LogP contribution is 2.40. The van der Waals surface area contributed by atoms with Gasteiger partial charge in [-0.05, 0) is 36.6 Å². The summed E-state index contributed by atoms with van der Waals surface area (Å²) in [6.45, 7) is 4.29. The van der Waals surface area contributed by atoms with Crippen LogP contribution in [0.25, 0.3) is 5.76 Å². The molecule has 1 N–H and O–H groups in total. The Kier molecular flexibility index (Phi) is 5.77. The van der Waals surface area contributed by atoms with Crippen LogP contribution in [0.4, 0.5) is 5.69 Å². The minimum absolute atomic E-state index is 0.00857. The first-order valence-electron chi connectivity index (χ1n) is 9.45. The van der Waals surface area contributed by atoms with Crippen LogP contribution in [-0.4, -0.2) is 33.2 Å². The van der Waals surface area contributed by atoms with Crippen molar-refractivity contribution in [3.8, 4) is 0 Å². The van der Waals surface area contributed by atoms with Crippen molar-refractivity contribution < 1.29 is 19.6 Å². The number of carbonyl (C=O) groups excluding carboxylic acids is 2. The summed E-state index contributed by atoms with van der Waals surface area (Å²) < 4.78 is 0. The Hall–Kier alpha value is -3.48. The van der Waals surface area contributed by atoms with Gasteiger partial charge < -0.3 is 10.0 Å². The van der Waals surface area contributed by atoms with E-state index in [0.717, 1.165) is 24.0 Å². The number of Topliss-reactive ketones (excluding diaryl/α,β-unsaturated/α-hetero) is 1. The summed E-state index contributed by atoms with van der Waals surface area (Å²) in [6.07, 6.45) is 1.58. The van der Waals surface area contributed by atoms with Gasteiger partial charge in [0.05, 0.1) is 16.5 Å². The molecule has 2 aromatic rings. The lowest BCUT2D eigenvalue weighted by Gasteiger charge is -2.26. The highest BCUT2D eigenvalue weighted by molar-refractivity contribution is 6.46. The zero-order valence-electron chi connectivity index (χ0n) is 16.3. The number of hydrogen-bond donors (Lipinski definition) is 1. The van der Waals surface area contributed by atoms with Crippen molar-refractivity contribution >= 4 is 23.1 Å². The first-order chi connectivity index (χ1) is 13.9. The molecule has 0 saturated carbocycles. The Bertz CT molecular complexity index is 995. The van der Waals surface area contributed by atoms with Crippen LogP contribution in [0.5, 0.6) is 0 Å². The van der Waals surface area contributed by atoms with Crippen LogP contribution in [0.2, 0.25) is 0 Å². The fourth-order valence-electron chi connectivity index (χ4n) is 3.55. The van der Waals surface area contributed by atoms with E-state index in [-0.39, 0.29) is 22.6 Å². The van der Waals surface area contributed by atoms with Crippen molar-refractivity contribution in [2.75, 3.05) is 6.54 Å². The average Bonchev–Trinajstić information content (AvgIpc) is 2.96. The lowest BCUT2D eigenvalue weighted by atomic mass is 9.92. The number of likely N-dealkylation sites (tertiary alicyclic amines) is 1. The molecule has 1 saturated heterocycles. The van der Waals surface area contributed by atoms with Gasteiger partial charge in [0.2, 0.25) is 0 Å². The molecule has 0 aliphatic carbocycles. The van der Waals surface area contributed by atoms with Gasteiger partial charge in [-0.2, -0.15) is 0 Å². The predicted molar refractivity (Wildman–Crippen MR) is 108 cm³/mol. The summed E-state index contributed by atoms with van der Waals surface area (Å²) in [6, 6.07) is 12.0. The van der Waals surface area contributed by atoms with Crippen LogP contribution in [-0.2, 0) is 9.59 Å². The largest absolute Gasteiger partial charge is 0.507 e. The lowest BCUT2D eigenvalue weighted by Crippen LogP contribution is -2.30. The second kappa shape index (κ2) is 8.26. The van der Waals surface area contributed by atoms with Crippen LogP contribution in [0, 0.1) is 17.0 Å². The van der Waals surface area contributed by atoms with Gasteiger partial charge in [-0.1, -0.05) is 37.6 Å². The zero-order valence-corrected chi connectivity index (χ0v) is 16.3. The fourth-order valence-corrected chi connectivity index (χ4v) is 3.55. The summed E-state index contributed by atoms with van der Waals surface area (Å²) in [5.41, 5.74) is 1.80. The highest BCUT2D eigenvalue weighted by Gasteiger charge is 2.46. The number of rotatable bonds is 6. The van der Waals surface area contributed by atoms with Gasteiger partial charge in [0.1, 0.15) is 5.76 Å². The zero-order chi connectivity index (χ0) is 21.1. The number of nitro benzene ring substituents is 1. The number of non-ortho nitro benzene ring substituents is 1. The van der Waals surface area contributed by atoms with E-state index < -0.39 is 22.7 Å². The van der Waals surface area contributed by atoms with Gasteiger partial charge in [0, 0.05) is 24.2 Å². The molecular weight excluding hydrogens is 372 g/mol. The van der Waals surface area contributed by atoms with Gasteiger partial charge in [-0.15, -0.1) is 0 Å². The number of hydrogen-bond acceptors (Lipinski definition) is 5.